The molecular weight excluding hydrogens is 212 g/mol. The molecule has 0 spiro atoms. The van der Waals surface area contributed by atoms with Crippen molar-refractivity contribution in [1.82, 2.24) is 0 Å². The summed E-state index contributed by atoms with van der Waals surface area (Å²) in [6.07, 6.45) is 0.162. The molecule has 0 amide bonds. The van der Waals surface area contributed by atoms with Crippen LogP contribution in [-0.4, -0.2) is 29.6 Å². The fourth-order valence-electron chi connectivity index (χ4n) is 1.77. The molecule has 0 bridgehead atoms. The van der Waals surface area contributed by atoms with E-state index in [4.69, 9.17) is 19.7 Å². The van der Waals surface area contributed by atoms with Crippen molar-refractivity contribution >= 4 is 5.97 Å². The molecule has 1 aromatic carbocycles. The summed E-state index contributed by atoms with van der Waals surface area (Å²) in [6.45, 7) is -0.0701. The van der Waals surface area contributed by atoms with Crippen LogP contribution in [0.4, 0.5) is 0 Å². The van der Waals surface area contributed by atoms with Gasteiger partial charge < -0.3 is 19.7 Å². The summed E-state index contributed by atoms with van der Waals surface area (Å²) < 4.78 is 10.4. The number of carboxylic acid groups (broad SMARTS) is 1. The van der Waals surface area contributed by atoms with Crippen LogP contribution in [0.3, 0.4) is 0 Å². The zero-order chi connectivity index (χ0) is 11.5. The fourth-order valence-corrected chi connectivity index (χ4v) is 1.77. The van der Waals surface area contributed by atoms with Gasteiger partial charge in [0.2, 0.25) is 6.79 Å². The number of carbonyl (C=O) groups is 1. The first-order chi connectivity index (χ1) is 7.74. The monoisotopic (exact) mass is 224 g/mol. The molecule has 86 valence electrons. The number of rotatable bonds is 4. The number of carboxylic acids is 1. The van der Waals surface area contributed by atoms with Crippen molar-refractivity contribution in [2.75, 3.05) is 13.4 Å². The lowest BCUT2D eigenvalue weighted by molar-refractivity contribution is -0.139. The van der Waals surface area contributed by atoms with Crippen LogP contribution in [0.5, 0.6) is 11.5 Å². The fraction of sp³-hybridized carbons (Fsp3) is 0.364. The number of para-hydroxylation sites is 1. The molecule has 1 atom stereocenters. The Morgan fingerprint density at radius 2 is 2.25 bits per heavy atom. The topological polar surface area (TPSA) is 76.0 Å². The number of ether oxygens (including phenoxy) is 2. The van der Waals surface area contributed by atoms with E-state index in [1.807, 2.05) is 0 Å². The molecule has 5 heteroatoms. The van der Waals surface area contributed by atoms with E-state index in [1.54, 1.807) is 18.2 Å². The first-order valence-corrected chi connectivity index (χ1v) is 4.96. The van der Waals surface area contributed by atoms with Gasteiger partial charge in [-0.1, -0.05) is 12.1 Å². The van der Waals surface area contributed by atoms with Gasteiger partial charge in [0.25, 0.3) is 0 Å². The van der Waals surface area contributed by atoms with Gasteiger partial charge in [0.1, 0.15) is 0 Å². The van der Waals surface area contributed by atoms with Gasteiger partial charge in [-0.15, -0.1) is 0 Å². The lowest BCUT2D eigenvalue weighted by Gasteiger charge is -2.13. The summed E-state index contributed by atoms with van der Waals surface area (Å²) in [4.78, 5) is 11.1. The summed E-state index contributed by atoms with van der Waals surface area (Å²) in [6, 6.07) is 5.13. The molecule has 1 aliphatic rings. The van der Waals surface area contributed by atoms with Crippen molar-refractivity contribution in [3.63, 3.8) is 0 Å². The molecule has 2 rings (SSSR count). The molecule has 0 radical (unpaired) electrons. The van der Waals surface area contributed by atoms with Gasteiger partial charge in [-0.25, -0.2) is 0 Å². The molecule has 1 unspecified atom stereocenters. The summed E-state index contributed by atoms with van der Waals surface area (Å²) in [7, 11) is 0. The summed E-state index contributed by atoms with van der Waals surface area (Å²) in [5.41, 5.74) is 0.552. The van der Waals surface area contributed by atoms with Crippen molar-refractivity contribution in [1.29, 1.82) is 0 Å². The minimum absolute atomic E-state index is 0.109. The molecular formula is C11H12O5. The van der Waals surface area contributed by atoms with Crippen LogP contribution >= 0.6 is 0 Å². The van der Waals surface area contributed by atoms with E-state index >= 15 is 0 Å². The molecule has 5 nitrogen and oxygen atoms in total. The van der Waals surface area contributed by atoms with Crippen LogP contribution in [0.25, 0.3) is 0 Å². The minimum Gasteiger partial charge on any atom is -0.481 e. The second-order valence-electron chi connectivity index (χ2n) is 3.48. The number of hydrogen-bond acceptors (Lipinski definition) is 4. The Balaban J connectivity index is 2.38. The quantitative estimate of drug-likeness (QED) is 0.796. The van der Waals surface area contributed by atoms with Crippen LogP contribution in [0, 0.1) is 0 Å². The second kappa shape index (κ2) is 4.40. The number of aliphatic hydroxyl groups is 1. The lowest BCUT2D eigenvalue weighted by Crippen LogP contribution is -2.13. The first kappa shape index (κ1) is 10.8. The van der Waals surface area contributed by atoms with E-state index in [2.05, 4.69) is 0 Å². The molecule has 0 saturated carbocycles. The third kappa shape index (κ3) is 1.81. The predicted octanol–water partition coefficient (Wildman–Crippen LogP) is 0.966. The SMILES string of the molecule is O=C(O)C(CCO)c1cccc2c1OCO2. The molecule has 1 heterocycles. The summed E-state index contributed by atoms with van der Waals surface area (Å²) in [5, 5.41) is 17.9. The van der Waals surface area contributed by atoms with Gasteiger partial charge in [-0.2, -0.15) is 0 Å². The van der Waals surface area contributed by atoms with Crippen molar-refractivity contribution in [2.45, 2.75) is 12.3 Å². The van der Waals surface area contributed by atoms with Gasteiger partial charge in [-0.3, -0.25) is 4.79 Å². The molecule has 0 aliphatic carbocycles. The molecule has 16 heavy (non-hydrogen) atoms. The van der Waals surface area contributed by atoms with Crippen LogP contribution in [-0.2, 0) is 4.79 Å². The third-order valence-corrected chi connectivity index (χ3v) is 2.52. The largest absolute Gasteiger partial charge is 0.481 e. The van der Waals surface area contributed by atoms with Crippen LogP contribution in [0.2, 0.25) is 0 Å². The Hall–Kier alpha value is -1.75. The van der Waals surface area contributed by atoms with Gasteiger partial charge in [-0.05, 0) is 12.5 Å². The van der Waals surface area contributed by atoms with Crippen molar-refractivity contribution < 1.29 is 24.5 Å². The number of aliphatic carboxylic acids is 1. The van der Waals surface area contributed by atoms with E-state index in [-0.39, 0.29) is 19.8 Å². The number of aliphatic hydroxyl groups excluding tert-OH is 1. The highest BCUT2D eigenvalue weighted by atomic mass is 16.7. The smallest absolute Gasteiger partial charge is 0.311 e. The Labute approximate surface area is 92.2 Å². The standard InChI is InChI=1S/C11H12O5/c12-5-4-8(11(13)14)7-2-1-3-9-10(7)16-6-15-9/h1-3,8,12H,4-6H2,(H,13,14). The number of benzene rings is 1. The molecule has 0 aromatic heterocycles. The molecule has 0 fully saturated rings. The van der Waals surface area contributed by atoms with Crippen molar-refractivity contribution in [2.24, 2.45) is 0 Å². The average molecular weight is 224 g/mol. The average Bonchev–Trinajstić information content (AvgIpc) is 2.73. The van der Waals surface area contributed by atoms with Crippen LogP contribution in [0.1, 0.15) is 17.9 Å². The maximum atomic E-state index is 11.1. The molecule has 0 saturated heterocycles. The molecule has 1 aromatic rings. The Morgan fingerprint density at radius 3 is 2.94 bits per heavy atom. The normalized spacial score (nSPS) is 14.8. The highest BCUT2D eigenvalue weighted by molar-refractivity contribution is 5.78. The maximum Gasteiger partial charge on any atom is 0.311 e. The third-order valence-electron chi connectivity index (χ3n) is 2.52. The van der Waals surface area contributed by atoms with E-state index in [1.165, 1.54) is 0 Å². The Morgan fingerprint density at radius 1 is 1.44 bits per heavy atom. The van der Waals surface area contributed by atoms with E-state index < -0.39 is 11.9 Å². The lowest BCUT2D eigenvalue weighted by atomic mass is 9.95. The zero-order valence-electron chi connectivity index (χ0n) is 8.55. The summed E-state index contributed by atoms with van der Waals surface area (Å²) >= 11 is 0. The van der Waals surface area contributed by atoms with Crippen LogP contribution in [0.15, 0.2) is 18.2 Å². The maximum absolute atomic E-state index is 11.1. The van der Waals surface area contributed by atoms with Crippen molar-refractivity contribution in [3.05, 3.63) is 23.8 Å². The first-order valence-electron chi connectivity index (χ1n) is 4.96. The van der Waals surface area contributed by atoms with E-state index in [0.717, 1.165) is 0 Å². The molecule has 1 aliphatic heterocycles. The number of hydrogen-bond donors (Lipinski definition) is 2. The van der Waals surface area contributed by atoms with Crippen LogP contribution < -0.4 is 9.47 Å². The number of fused-ring (bicyclic) bond motifs is 1. The highest BCUT2D eigenvalue weighted by Gasteiger charge is 2.27. The molecule has 2 N–H and O–H groups in total. The van der Waals surface area contributed by atoms with E-state index in [0.29, 0.717) is 17.1 Å². The highest BCUT2D eigenvalue weighted by Crippen LogP contribution is 2.40. The van der Waals surface area contributed by atoms with Gasteiger partial charge in [0.15, 0.2) is 11.5 Å². The van der Waals surface area contributed by atoms with E-state index in [9.17, 15) is 4.79 Å². The van der Waals surface area contributed by atoms with Gasteiger partial charge >= 0.3 is 5.97 Å². The van der Waals surface area contributed by atoms with Gasteiger partial charge in [0, 0.05) is 12.2 Å². The predicted molar refractivity (Wildman–Crippen MR) is 54.6 cm³/mol. The second-order valence-corrected chi connectivity index (χ2v) is 3.48. The van der Waals surface area contributed by atoms with Crippen molar-refractivity contribution in [3.8, 4) is 11.5 Å². The zero-order valence-corrected chi connectivity index (χ0v) is 8.55. The Kier molecular flexibility index (Phi) is 2.96. The van der Waals surface area contributed by atoms with Gasteiger partial charge in [0.05, 0.1) is 5.92 Å². The minimum atomic E-state index is -0.974. The summed E-state index contributed by atoms with van der Waals surface area (Å²) in [5.74, 6) is -0.704. The Bertz CT molecular complexity index is 401.